The fraction of sp³-hybridized carbons (Fsp3) is 0.619. The Bertz CT molecular complexity index is 777. The van der Waals surface area contributed by atoms with Crippen LogP contribution in [-0.4, -0.2) is 54.7 Å². The standard InChI is InChI=1S/C21H29F3N2O5/c1-5-29-18(27)14-8-9-15(17(11-14)30-21(22,23)24)12-26-10-6-7-16(13-26)25-19(28)31-20(2,3)4/h8-9,11,16H,5-7,10,12-13H2,1-4H3,(H,25,28)/t16-/m0/s1. The monoisotopic (exact) mass is 446 g/mol. The molecule has 0 bridgehead atoms. The third-order valence-electron chi connectivity index (χ3n) is 4.42. The number of halogens is 3. The summed E-state index contributed by atoms with van der Waals surface area (Å²) in [7, 11) is 0. The van der Waals surface area contributed by atoms with Crippen molar-refractivity contribution < 1.29 is 37.0 Å². The maximum absolute atomic E-state index is 12.9. The highest BCUT2D eigenvalue weighted by molar-refractivity contribution is 5.90. The molecule has 1 heterocycles. The van der Waals surface area contributed by atoms with Crippen LogP contribution in [0.5, 0.6) is 5.75 Å². The first-order chi connectivity index (χ1) is 14.4. The molecule has 174 valence electrons. The van der Waals surface area contributed by atoms with Crippen molar-refractivity contribution in [1.82, 2.24) is 10.2 Å². The smallest absolute Gasteiger partial charge is 0.462 e. The zero-order chi connectivity index (χ0) is 23.2. The highest BCUT2D eigenvalue weighted by Crippen LogP contribution is 2.29. The van der Waals surface area contributed by atoms with Gasteiger partial charge in [-0.2, -0.15) is 0 Å². The van der Waals surface area contributed by atoms with E-state index in [1.165, 1.54) is 12.1 Å². The number of rotatable bonds is 6. The zero-order valence-electron chi connectivity index (χ0n) is 18.2. The summed E-state index contributed by atoms with van der Waals surface area (Å²) in [5, 5.41) is 2.81. The number of hydrogen-bond donors (Lipinski definition) is 1. The van der Waals surface area contributed by atoms with E-state index in [1.54, 1.807) is 27.7 Å². The molecule has 31 heavy (non-hydrogen) atoms. The van der Waals surface area contributed by atoms with E-state index in [0.29, 0.717) is 13.1 Å². The number of benzene rings is 1. The van der Waals surface area contributed by atoms with Gasteiger partial charge < -0.3 is 19.5 Å². The number of amides is 1. The van der Waals surface area contributed by atoms with Crippen molar-refractivity contribution in [2.24, 2.45) is 0 Å². The number of nitrogens with zero attached hydrogens (tertiary/aromatic N) is 1. The number of hydrogen-bond acceptors (Lipinski definition) is 6. The number of ether oxygens (including phenoxy) is 3. The summed E-state index contributed by atoms with van der Waals surface area (Å²) in [6, 6.07) is 3.70. The number of esters is 1. The largest absolute Gasteiger partial charge is 0.573 e. The molecule has 1 N–H and O–H groups in total. The Kier molecular flexibility index (Phi) is 8.16. The second-order valence-corrected chi connectivity index (χ2v) is 8.31. The molecule has 1 amide bonds. The zero-order valence-corrected chi connectivity index (χ0v) is 18.2. The number of alkyl halides is 3. The van der Waals surface area contributed by atoms with Gasteiger partial charge in [-0.15, -0.1) is 13.2 Å². The van der Waals surface area contributed by atoms with Crippen LogP contribution in [0.3, 0.4) is 0 Å². The summed E-state index contributed by atoms with van der Waals surface area (Å²) in [6.07, 6.45) is -3.93. The predicted molar refractivity (Wildman–Crippen MR) is 107 cm³/mol. The van der Waals surface area contributed by atoms with E-state index in [0.717, 1.165) is 18.9 Å². The normalized spacial score (nSPS) is 17.7. The van der Waals surface area contributed by atoms with Gasteiger partial charge in [-0.05, 0) is 59.2 Å². The highest BCUT2D eigenvalue weighted by Gasteiger charge is 2.33. The van der Waals surface area contributed by atoms with E-state index in [9.17, 15) is 22.8 Å². The minimum atomic E-state index is -4.90. The third-order valence-corrected chi connectivity index (χ3v) is 4.42. The lowest BCUT2D eigenvalue weighted by molar-refractivity contribution is -0.275. The van der Waals surface area contributed by atoms with Gasteiger partial charge in [0.25, 0.3) is 0 Å². The number of alkyl carbamates (subject to hydrolysis) is 1. The molecule has 1 aliphatic rings. The average molecular weight is 446 g/mol. The SMILES string of the molecule is CCOC(=O)c1ccc(CN2CCC[C@H](NC(=O)OC(C)(C)C)C2)c(OC(F)(F)F)c1. The van der Waals surface area contributed by atoms with Crippen molar-refractivity contribution >= 4 is 12.1 Å². The Morgan fingerprint density at radius 1 is 1.23 bits per heavy atom. The molecule has 1 fully saturated rings. The molecule has 0 aromatic heterocycles. The Morgan fingerprint density at radius 3 is 2.55 bits per heavy atom. The van der Waals surface area contributed by atoms with Crippen LogP contribution < -0.4 is 10.1 Å². The Hall–Kier alpha value is -2.49. The number of carbonyl (C=O) groups is 2. The van der Waals surface area contributed by atoms with E-state index in [-0.39, 0.29) is 30.3 Å². The highest BCUT2D eigenvalue weighted by atomic mass is 19.4. The van der Waals surface area contributed by atoms with Gasteiger partial charge in [0.05, 0.1) is 12.2 Å². The van der Waals surface area contributed by atoms with Crippen LogP contribution in [0.1, 0.15) is 56.5 Å². The maximum atomic E-state index is 12.9. The Labute approximate surface area is 179 Å². The van der Waals surface area contributed by atoms with Gasteiger partial charge in [0.2, 0.25) is 0 Å². The fourth-order valence-corrected chi connectivity index (χ4v) is 3.28. The molecule has 1 saturated heterocycles. The van der Waals surface area contributed by atoms with Crippen LogP contribution in [0.2, 0.25) is 0 Å². The molecule has 10 heteroatoms. The molecular weight excluding hydrogens is 417 g/mol. The van der Waals surface area contributed by atoms with Crippen molar-refractivity contribution in [1.29, 1.82) is 0 Å². The molecule has 2 rings (SSSR count). The lowest BCUT2D eigenvalue weighted by Gasteiger charge is -2.34. The summed E-state index contributed by atoms with van der Waals surface area (Å²) in [4.78, 5) is 25.8. The first-order valence-corrected chi connectivity index (χ1v) is 10.1. The van der Waals surface area contributed by atoms with Crippen LogP contribution in [-0.2, 0) is 16.0 Å². The lowest BCUT2D eigenvalue weighted by atomic mass is 10.0. The summed E-state index contributed by atoms with van der Waals surface area (Å²) in [5.74, 6) is -1.17. The quantitative estimate of drug-likeness (QED) is 0.659. The van der Waals surface area contributed by atoms with E-state index < -0.39 is 29.8 Å². The molecule has 0 aliphatic carbocycles. The third kappa shape index (κ3) is 8.64. The van der Waals surface area contributed by atoms with E-state index >= 15 is 0 Å². The van der Waals surface area contributed by atoms with Gasteiger partial charge >= 0.3 is 18.4 Å². The van der Waals surface area contributed by atoms with Crippen LogP contribution in [0.25, 0.3) is 0 Å². The van der Waals surface area contributed by atoms with Crippen molar-refractivity contribution in [2.45, 2.75) is 65.1 Å². The Morgan fingerprint density at radius 2 is 1.94 bits per heavy atom. The van der Waals surface area contributed by atoms with Crippen molar-refractivity contribution in [3.8, 4) is 5.75 Å². The number of likely N-dealkylation sites (tertiary alicyclic amines) is 1. The summed E-state index contributed by atoms with van der Waals surface area (Å²) in [6.45, 7) is 8.28. The average Bonchev–Trinajstić information content (AvgIpc) is 2.60. The van der Waals surface area contributed by atoms with E-state index in [4.69, 9.17) is 9.47 Å². The van der Waals surface area contributed by atoms with Gasteiger partial charge in [0.1, 0.15) is 11.4 Å². The topological polar surface area (TPSA) is 77.1 Å². The molecule has 0 radical (unpaired) electrons. The summed E-state index contributed by atoms with van der Waals surface area (Å²) in [5.41, 5.74) is -0.362. The minimum absolute atomic E-state index is 0.0204. The molecule has 0 saturated carbocycles. The Balaban J connectivity index is 2.11. The molecular formula is C21H29F3N2O5. The molecule has 1 aromatic rings. The molecule has 1 atom stereocenters. The van der Waals surface area contributed by atoms with Crippen LogP contribution in [0, 0.1) is 0 Å². The van der Waals surface area contributed by atoms with Crippen LogP contribution in [0.4, 0.5) is 18.0 Å². The van der Waals surface area contributed by atoms with Crippen LogP contribution >= 0.6 is 0 Å². The second-order valence-electron chi connectivity index (χ2n) is 8.31. The predicted octanol–water partition coefficient (Wildman–Crippen LogP) is 4.25. The van der Waals surface area contributed by atoms with E-state index in [1.807, 2.05) is 4.90 Å². The fourth-order valence-electron chi connectivity index (χ4n) is 3.28. The molecule has 7 nitrogen and oxygen atoms in total. The van der Waals surface area contributed by atoms with Crippen LogP contribution in [0.15, 0.2) is 18.2 Å². The van der Waals surface area contributed by atoms with Crippen molar-refractivity contribution in [2.75, 3.05) is 19.7 Å². The molecule has 0 spiro atoms. The van der Waals surface area contributed by atoms with Crippen molar-refractivity contribution in [3.05, 3.63) is 29.3 Å². The minimum Gasteiger partial charge on any atom is -0.462 e. The van der Waals surface area contributed by atoms with Gasteiger partial charge in [0.15, 0.2) is 0 Å². The maximum Gasteiger partial charge on any atom is 0.573 e. The first-order valence-electron chi connectivity index (χ1n) is 10.1. The van der Waals surface area contributed by atoms with Gasteiger partial charge in [0, 0.05) is 24.7 Å². The van der Waals surface area contributed by atoms with E-state index in [2.05, 4.69) is 10.1 Å². The summed E-state index contributed by atoms with van der Waals surface area (Å²) >= 11 is 0. The molecule has 1 aliphatic heterocycles. The summed E-state index contributed by atoms with van der Waals surface area (Å²) < 4.78 is 53.0. The van der Waals surface area contributed by atoms with Crippen molar-refractivity contribution in [3.63, 3.8) is 0 Å². The number of piperidine rings is 1. The molecule has 1 aromatic carbocycles. The lowest BCUT2D eigenvalue weighted by Crippen LogP contribution is -2.48. The first kappa shape index (κ1) is 24.8. The van der Waals surface area contributed by atoms with Gasteiger partial charge in [-0.25, -0.2) is 9.59 Å². The number of nitrogens with one attached hydrogen (secondary N) is 1. The molecule has 0 unspecified atom stereocenters. The second kappa shape index (κ2) is 10.2. The van der Waals surface area contributed by atoms with Gasteiger partial charge in [-0.3, -0.25) is 4.90 Å². The van der Waals surface area contributed by atoms with Gasteiger partial charge in [-0.1, -0.05) is 6.07 Å². The number of carbonyl (C=O) groups excluding carboxylic acids is 2.